The lowest BCUT2D eigenvalue weighted by Gasteiger charge is -2.31. The molecule has 1 aliphatic carbocycles. The zero-order valence-electron chi connectivity index (χ0n) is 19.4. The summed E-state index contributed by atoms with van der Waals surface area (Å²) in [5.41, 5.74) is 0. The van der Waals surface area contributed by atoms with Crippen LogP contribution in [-0.4, -0.2) is 70.4 Å². The van der Waals surface area contributed by atoms with E-state index in [4.69, 9.17) is 9.47 Å². The van der Waals surface area contributed by atoms with Crippen molar-refractivity contribution in [2.75, 3.05) is 27.3 Å². The summed E-state index contributed by atoms with van der Waals surface area (Å²) in [5.74, 6) is 2.81. The van der Waals surface area contributed by atoms with Crippen LogP contribution in [0.3, 0.4) is 0 Å². The molecule has 1 amide bonds. The van der Waals surface area contributed by atoms with E-state index >= 15 is 0 Å². The van der Waals surface area contributed by atoms with Crippen molar-refractivity contribution >= 4 is 38.0 Å². The summed E-state index contributed by atoms with van der Waals surface area (Å²) in [6.07, 6.45) is 10.6. The van der Waals surface area contributed by atoms with Gasteiger partial charge in [-0.25, -0.2) is 14.8 Å². The number of alkyl carbamates (subject to hydrolysis) is 1. The molecule has 11 heteroatoms. The number of hydrogen-bond donors (Lipinski definition) is 3. The molecule has 4 rings (SSSR count). The number of imidazole rings is 2. The van der Waals surface area contributed by atoms with Crippen molar-refractivity contribution in [3.63, 3.8) is 0 Å². The Bertz CT molecular complexity index is 870. The van der Waals surface area contributed by atoms with Gasteiger partial charge in [-0.05, 0) is 71.0 Å². The van der Waals surface area contributed by atoms with Gasteiger partial charge in [0.15, 0.2) is 0 Å². The molecule has 0 unspecified atom stereocenters. The van der Waals surface area contributed by atoms with Gasteiger partial charge in [0.2, 0.25) is 0 Å². The summed E-state index contributed by atoms with van der Waals surface area (Å²) in [6, 6.07) is 0.0914. The summed E-state index contributed by atoms with van der Waals surface area (Å²) in [5, 5.41) is 2.85. The Kier molecular flexibility index (Phi) is 10.2. The SMILES string of the molecule is Brc1cnc(C2CCCC2)[nH]1.COC(=O)N[C@H](CN1CCC[C@H]1c1ncc(Br)[nH]1)[C@@H](C)OC. The third kappa shape index (κ3) is 7.53. The number of likely N-dealkylation sites (tertiary alicyclic amines) is 1. The van der Waals surface area contributed by atoms with Crippen molar-refractivity contribution < 1.29 is 14.3 Å². The van der Waals surface area contributed by atoms with Crippen LogP contribution in [0.15, 0.2) is 21.6 Å². The maximum atomic E-state index is 11.5. The number of methoxy groups -OCH3 is 2. The highest BCUT2D eigenvalue weighted by Gasteiger charge is 2.32. The molecule has 3 atom stereocenters. The number of amides is 1. The number of nitrogens with zero attached hydrogens (tertiary/aromatic N) is 3. The third-order valence-corrected chi connectivity index (χ3v) is 7.21. The monoisotopic (exact) mass is 588 g/mol. The van der Waals surface area contributed by atoms with Gasteiger partial charge in [0, 0.05) is 19.6 Å². The Morgan fingerprint density at radius 1 is 1.12 bits per heavy atom. The maximum Gasteiger partial charge on any atom is 0.407 e. The van der Waals surface area contributed by atoms with E-state index < -0.39 is 6.09 Å². The van der Waals surface area contributed by atoms with Crippen LogP contribution in [0, 0.1) is 0 Å². The Morgan fingerprint density at radius 3 is 2.30 bits per heavy atom. The maximum absolute atomic E-state index is 11.5. The van der Waals surface area contributed by atoms with Crippen LogP contribution in [0.1, 0.15) is 69.1 Å². The number of aromatic amines is 2. The smallest absolute Gasteiger partial charge is 0.407 e. The molecule has 0 radical (unpaired) electrons. The molecule has 0 bridgehead atoms. The van der Waals surface area contributed by atoms with Crippen molar-refractivity contribution in [2.24, 2.45) is 0 Å². The van der Waals surface area contributed by atoms with Gasteiger partial charge in [0.05, 0.1) is 37.7 Å². The molecule has 33 heavy (non-hydrogen) atoms. The van der Waals surface area contributed by atoms with E-state index in [-0.39, 0.29) is 18.2 Å². The highest BCUT2D eigenvalue weighted by atomic mass is 79.9. The highest BCUT2D eigenvalue weighted by molar-refractivity contribution is 9.10. The largest absolute Gasteiger partial charge is 0.453 e. The minimum Gasteiger partial charge on any atom is -0.453 e. The van der Waals surface area contributed by atoms with Gasteiger partial charge in [0.1, 0.15) is 20.9 Å². The van der Waals surface area contributed by atoms with Crippen molar-refractivity contribution in [1.29, 1.82) is 0 Å². The first-order chi connectivity index (χ1) is 15.9. The molecule has 184 valence electrons. The second-order valence-corrected chi connectivity index (χ2v) is 10.3. The summed E-state index contributed by atoms with van der Waals surface area (Å²) in [6.45, 7) is 3.60. The molecular weight excluding hydrogens is 556 g/mol. The minimum atomic E-state index is -0.439. The number of carbonyl (C=O) groups excluding carboxylic acids is 1. The van der Waals surface area contributed by atoms with E-state index in [1.165, 1.54) is 32.8 Å². The molecule has 2 aromatic heterocycles. The van der Waals surface area contributed by atoms with Gasteiger partial charge in [-0.1, -0.05) is 12.8 Å². The van der Waals surface area contributed by atoms with Crippen LogP contribution in [0.2, 0.25) is 0 Å². The number of nitrogens with one attached hydrogen (secondary N) is 3. The lowest BCUT2D eigenvalue weighted by atomic mass is 10.1. The second kappa shape index (κ2) is 12.9. The van der Waals surface area contributed by atoms with Crippen molar-refractivity contribution in [2.45, 2.75) is 69.6 Å². The fourth-order valence-electron chi connectivity index (χ4n) is 4.50. The summed E-state index contributed by atoms with van der Waals surface area (Å²) in [7, 11) is 3.00. The van der Waals surface area contributed by atoms with Crippen LogP contribution >= 0.6 is 31.9 Å². The Hall–Kier alpha value is -1.43. The molecule has 0 spiro atoms. The fourth-order valence-corrected chi connectivity index (χ4v) is 5.11. The number of aromatic nitrogens is 4. The molecule has 3 N–H and O–H groups in total. The first-order valence-electron chi connectivity index (χ1n) is 11.4. The third-order valence-electron chi connectivity index (χ3n) is 6.41. The number of rotatable bonds is 7. The predicted molar refractivity (Wildman–Crippen MR) is 133 cm³/mol. The van der Waals surface area contributed by atoms with Crippen LogP contribution in [0.5, 0.6) is 0 Å². The molecule has 9 nitrogen and oxygen atoms in total. The number of carbonyl (C=O) groups is 1. The van der Waals surface area contributed by atoms with Gasteiger partial charge in [-0.15, -0.1) is 0 Å². The molecule has 2 aliphatic rings. The van der Waals surface area contributed by atoms with Gasteiger partial charge in [-0.3, -0.25) is 4.90 Å². The molecule has 3 heterocycles. The first-order valence-corrected chi connectivity index (χ1v) is 13.0. The lowest BCUT2D eigenvalue weighted by Crippen LogP contribution is -2.50. The quantitative estimate of drug-likeness (QED) is 0.424. The summed E-state index contributed by atoms with van der Waals surface area (Å²) < 4.78 is 12.0. The average molecular weight is 590 g/mol. The van der Waals surface area contributed by atoms with E-state index in [0.29, 0.717) is 12.5 Å². The van der Waals surface area contributed by atoms with Crippen molar-refractivity contribution in [3.05, 3.63) is 33.2 Å². The van der Waals surface area contributed by atoms with Crippen molar-refractivity contribution in [3.8, 4) is 0 Å². The van der Waals surface area contributed by atoms with Gasteiger partial charge in [-0.2, -0.15) is 0 Å². The number of ether oxygens (including phenoxy) is 2. The van der Waals surface area contributed by atoms with E-state index in [2.05, 4.69) is 62.0 Å². The van der Waals surface area contributed by atoms with Crippen LogP contribution < -0.4 is 5.32 Å². The minimum absolute atomic E-state index is 0.108. The predicted octanol–water partition coefficient (Wildman–Crippen LogP) is 4.90. The van der Waals surface area contributed by atoms with Crippen LogP contribution in [0.25, 0.3) is 0 Å². The zero-order chi connectivity index (χ0) is 23.8. The zero-order valence-corrected chi connectivity index (χ0v) is 22.6. The Morgan fingerprint density at radius 2 is 1.76 bits per heavy atom. The normalized spacial score (nSPS) is 20.8. The van der Waals surface area contributed by atoms with E-state index in [1.54, 1.807) is 13.3 Å². The van der Waals surface area contributed by atoms with Crippen molar-refractivity contribution in [1.82, 2.24) is 30.2 Å². The average Bonchev–Trinajstić information content (AvgIpc) is 3.60. The van der Waals surface area contributed by atoms with Crippen LogP contribution in [0.4, 0.5) is 4.79 Å². The number of hydrogen-bond acceptors (Lipinski definition) is 6. The topological polar surface area (TPSA) is 108 Å². The van der Waals surface area contributed by atoms with Gasteiger partial charge >= 0.3 is 6.09 Å². The second-order valence-electron chi connectivity index (χ2n) is 8.55. The fraction of sp³-hybridized carbons (Fsp3) is 0.682. The lowest BCUT2D eigenvalue weighted by molar-refractivity contribution is 0.0607. The molecule has 1 saturated carbocycles. The number of halogens is 2. The Labute approximate surface area is 212 Å². The first kappa shape index (κ1) is 26.2. The highest BCUT2D eigenvalue weighted by Crippen LogP contribution is 2.33. The standard InChI is InChI=1S/C14H23BrN4O3.C8H11BrN2/c1-9(21-2)10(17-14(20)22-3)8-19-6-4-5-11(19)13-16-7-12(15)18-13;9-7-5-10-8(11-7)6-3-1-2-4-6/h7,9-11H,4-6,8H2,1-3H3,(H,16,18)(H,17,20);5-6H,1-4H2,(H,10,11)/t9-,10-,11+;/m1./s1. The molecule has 1 saturated heterocycles. The molecule has 0 aromatic carbocycles. The molecule has 2 fully saturated rings. The van der Waals surface area contributed by atoms with Crippen LogP contribution in [-0.2, 0) is 9.47 Å². The van der Waals surface area contributed by atoms with Gasteiger partial charge < -0.3 is 24.8 Å². The van der Waals surface area contributed by atoms with E-state index in [0.717, 1.165) is 40.2 Å². The molecular formula is C22H34Br2N6O3. The summed E-state index contributed by atoms with van der Waals surface area (Å²) in [4.78, 5) is 29.0. The number of H-pyrrole nitrogens is 2. The van der Waals surface area contributed by atoms with Gasteiger partial charge in [0.25, 0.3) is 0 Å². The van der Waals surface area contributed by atoms with E-state index in [1.807, 2.05) is 13.1 Å². The van der Waals surface area contributed by atoms with E-state index in [9.17, 15) is 4.79 Å². The molecule has 1 aliphatic heterocycles. The Balaban J connectivity index is 0.000000231. The molecule has 2 aromatic rings. The summed E-state index contributed by atoms with van der Waals surface area (Å²) >= 11 is 6.76.